The van der Waals surface area contributed by atoms with Crippen LogP contribution < -0.4 is 9.47 Å². The number of ether oxygens (including phenoxy) is 2. The third-order valence-electron chi connectivity index (χ3n) is 4.48. The maximum Gasteiger partial charge on any atom is 0.288 e. The second-order valence-corrected chi connectivity index (χ2v) is 8.46. The van der Waals surface area contributed by atoms with E-state index in [1.807, 2.05) is 6.07 Å². The number of carbonyl (C=O) groups excluding carboxylic acids is 1. The molecule has 0 N–H and O–H groups in total. The summed E-state index contributed by atoms with van der Waals surface area (Å²) in [5.41, 5.74) is 0.163. The molecular formula is C19H20N2O7S. The van der Waals surface area contributed by atoms with Crippen LogP contribution in [0, 0.1) is 10.1 Å². The summed E-state index contributed by atoms with van der Waals surface area (Å²) in [6.45, 7) is 3.19. The summed E-state index contributed by atoms with van der Waals surface area (Å²) in [4.78, 5) is 24.5. The molecular weight excluding hydrogens is 400 g/mol. The lowest BCUT2D eigenvalue weighted by atomic mass is 10.1. The van der Waals surface area contributed by atoms with Crippen molar-refractivity contribution in [3.8, 4) is 11.5 Å². The highest BCUT2D eigenvalue weighted by Gasteiger charge is 2.26. The first-order valence-corrected chi connectivity index (χ1v) is 10.8. The summed E-state index contributed by atoms with van der Waals surface area (Å²) in [7, 11) is -3.80. The Balaban J connectivity index is 1.93. The number of benzene rings is 2. The average molecular weight is 420 g/mol. The van der Waals surface area contributed by atoms with Crippen LogP contribution in [0.5, 0.6) is 11.5 Å². The zero-order valence-corrected chi connectivity index (χ0v) is 16.8. The molecule has 2 aromatic rings. The number of sulfone groups is 1. The van der Waals surface area contributed by atoms with Gasteiger partial charge in [-0.1, -0.05) is 12.1 Å². The average Bonchev–Trinajstić information content (AvgIpc) is 2.70. The van der Waals surface area contributed by atoms with Gasteiger partial charge in [-0.25, -0.2) is 8.42 Å². The van der Waals surface area contributed by atoms with E-state index in [1.54, 1.807) is 19.1 Å². The minimum Gasteiger partial charge on any atom is -0.486 e. The second kappa shape index (κ2) is 8.08. The summed E-state index contributed by atoms with van der Waals surface area (Å²) in [5, 5.41) is 11.3. The number of carbonyl (C=O) groups is 1. The van der Waals surface area contributed by atoms with Crippen LogP contribution in [0.25, 0.3) is 0 Å². The summed E-state index contributed by atoms with van der Waals surface area (Å²) in [6.07, 6.45) is 0.885. The molecule has 0 saturated heterocycles. The predicted octanol–water partition coefficient (Wildman–Crippen LogP) is 2.43. The van der Waals surface area contributed by atoms with Crippen LogP contribution in [0.4, 0.5) is 5.69 Å². The fraction of sp³-hybridized carbons (Fsp3) is 0.316. The van der Waals surface area contributed by atoms with Crippen molar-refractivity contribution >= 4 is 21.4 Å². The molecule has 154 valence electrons. The van der Waals surface area contributed by atoms with Gasteiger partial charge in [0, 0.05) is 36.5 Å². The lowest BCUT2D eigenvalue weighted by Crippen LogP contribution is -2.31. The van der Waals surface area contributed by atoms with Crippen molar-refractivity contribution in [1.29, 1.82) is 0 Å². The summed E-state index contributed by atoms with van der Waals surface area (Å²) >= 11 is 0. The highest BCUT2D eigenvalue weighted by atomic mass is 32.2. The number of hydrogen-bond acceptors (Lipinski definition) is 7. The number of nitro groups is 1. The molecule has 0 fully saturated rings. The van der Waals surface area contributed by atoms with Crippen LogP contribution >= 0.6 is 0 Å². The second-order valence-electron chi connectivity index (χ2n) is 6.47. The molecule has 1 aliphatic heterocycles. The smallest absolute Gasteiger partial charge is 0.288 e. The molecule has 1 aliphatic rings. The standard InChI is InChI=1S/C19H20N2O7S/c1-3-20(12-14-5-4-6-16-18(14)28-10-9-27-16)19(22)13-7-8-17(29(2,25)26)15(11-13)21(23)24/h4-8,11H,3,9-10,12H2,1-2H3. The molecule has 2 aromatic carbocycles. The normalized spacial score (nSPS) is 13.0. The first-order valence-electron chi connectivity index (χ1n) is 8.87. The molecule has 0 unspecified atom stereocenters. The van der Waals surface area contributed by atoms with Gasteiger partial charge in [0.25, 0.3) is 11.6 Å². The number of para-hydroxylation sites is 1. The monoisotopic (exact) mass is 420 g/mol. The van der Waals surface area contributed by atoms with Gasteiger partial charge in [0.15, 0.2) is 21.3 Å². The van der Waals surface area contributed by atoms with E-state index in [0.717, 1.165) is 24.0 Å². The van der Waals surface area contributed by atoms with Gasteiger partial charge < -0.3 is 14.4 Å². The molecule has 0 spiro atoms. The number of nitrogens with zero attached hydrogens (tertiary/aromatic N) is 2. The molecule has 0 radical (unpaired) electrons. The van der Waals surface area contributed by atoms with Crippen LogP contribution in [-0.4, -0.2) is 50.2 Å². The molecule has 0 atom stereocenters. The number of rotatable bonds is 6. The maximum absolute atomic E-state index is 13.0. The summed E-state index contributed by atoms with van der Waals surface area (Å²) in [6, 6.07) is 8.78. The van der Waals surface area contributed by atoms with Gasteiger partial charge in [-0.05, 0) is 25.1 Å². The number of nitro benzene ring substituents is 1. The Labute approximate surface area is 167 Å². The van der Waals surface area contributed by atoms with E-state index in [2.05, 4.69) is 0 Å². The molecule has 1 heterocycles. The highest BCUT2D eigenvalue weighted by Crippen LogP contribution is 2.34. The van der Waals surface area contributed by atoms with E-state index in [0.29, 0.717) is 31.3 Å². The summed E-state index contributed by atoms with van der Waals surface area (Å²) in [5.74, 6) is 0.721. The number of fused-ring (bicyclic) bond motifs is 1. The topological polar surface area (TPSA) is 116 Å². The van der Waals surface area contributed by atoms with E-state index in [4.69, 9.17) is 9.47 Å². The lowest BCUT2D eigenvalue weighted by Gasteiger charge is -2.25. The van der Waals surface area contributed by atoms with Gasteiger partial charge in [-0.2, -0.15) is 0 Å². The number of amides is 1. The van der Waals surface area contributed by atoms with E-state index in [-0.39, 0.29) is 12.1 Å². The zero-order valence-electron chi connectivity index (χ0n) is 16.0. The summed E-state index contributed by atoms with van der Waals surface area (Å²) < 4.78 is 34.8. The third-order valence-corrected chi connectivity index (χ3v) is 5.62. The van der Waals surface area contributed by atoms with Crippen LogP contribution in [0.1, 0.15) is 22.8 Å². The van der Waals surface area contributed by atoms with Crippen molar-refractivity contribution in [2.75, 3.05) is 26.0 Å². The lowest BCUT2D eigenvalue weighted by molar-refractivity contribution is -0.387. The van der Waals surface area contributed by atoms with Crippen molar-refractivity contribution in [2.45, 2.75) is 18.4 Å². The van der Waals surface area contributed by atoms with Crippen molar-refractivity contribution in [3.05, 3.63) is 57.6 Å². The minimum absolute atomic E-state index is 0.0351. The van der Waals surface area contributed by atoms with E-state index < -0.39 is 31.3 Å². The van der Waals surface area contributed by atoms with Crippen molar-refractivity contribution in [1.82, 2.24) is 4.90 Å². The zero-order chi connectivity index (χ0) is 21.2. The molecule has 0 aromatic heterocycles. The predicted molar refractivity (Wildman–Crippen MR) is 104 cm³/mol. The molecule has 10 heteroatoms. The highest BCUT2D eigenvalue weighted by molar-refractivity contribution is 7.90. The Bertz CT molecular complexity index is 1070. The Morgan fingerprint density at radius 3 is 2.59 bits per heavy atom. The maximum atomic E-state index is 13.0. The van der Waals surface area contributed by atoms with E-state index in [9.17, 15) is 23.3 Å². The van der Waals surface area contributed by atoms with Gasteiger partial charge in [0.05, 0.1) is 4.92 Å². The van der Waals surface area contributed by atoms with Gasteiger partial charge in [0.2, 0.25) is 0 Å². The Kier molecular flexibility index (Phi) is 5.73. The van der Waals surface area contributed by atoms with Crippen molar-refractivity contribution in [3.63, 3.8) is 0 Å². The quantitative estimate of drug-likeness (QED) is 0.520. The van der Waals surface area contributed by atoms with Crippen molar-refractivity contribution in [2.24, 2.45) is 0 Å². The van der Waals surface area contributed by atoms with Crippen LogP contribution in [0.15, 0.2) is 41.3 Å². The van der Waals surface area contributed by atoms with E-state index in [1.165, 1.54) is 11.0 Å². The minimum atomic E-state index is -3.80. The first-order chi connectivity index (χ1) is 13.7. The molecule has 0 aliphatic carbocycles. The fourth-order valence-corrected chi connectivity index (χ4v) is 3.91. The molecule has 29 heavy (non-hydrogen) atoms. The van der Waals surface area contributed by atoms with Gasteiger partial charge in [-0.15, -0.1) is 0 Å². The Morgan fingerprint density at radius 2 is 1.93 bits per heavy atom. The van der Waals surface area contributed by atoms with Gasteiger partial charge >= 0.3 is 0 Å². The van der Waals surface area contributed by atoms with Gasteiger partial charge in [-0.3, -0.25) is 14.9 Å². The van der Waals surface area contributed by atoms with Crippen LogP contribution in [0.2, 0.25) is 0 Å². The van der Waals surface area contributed by atoms with Gasteiger partial charge in [0.1, 0.15) is 18.1 Å². The SMILES string of the molecule is CCN(Cc1cccc2c1OCCO2)C(=O)c1ccc(S(C)(=O)=O)c([N+](=O)[O-])c1. The molecule has 9 nitrogen and oxygen atoms in total. The Hall–Kier alpha value is -3.14. The van der Waals surface area contributed by atoms with Crippen LogP contribution in [0.3, 0.4) is 0 Å². The Morgan fingerprint density at radius 1 is 1.21 bits per heavy atom. The molecule has 0 bridgehead atoms. The molecule has 1 amide bonds. The van der Waals surface area contributed by atoms with Crippen LogP contribution in [-0.2, 0) is 16.4 Å². The first kappa shape index (κ1) is 20.6. The van der Waals surface area contributed by atoms with E-state index >= 15 is 0 Å². The largest absolute Gasteiger partial charge is 0.486 e. The molecule has 3 rings (SSSR count). The van der Waals surface area contributed by atoms with Crippen molar-refractivity contribution < 1.29 is 27.6 Å². The molecule has 0 saturated carbocycles. The third kappa shape index (κ3) is 4.32. The number of hydrogen-bond donors (Lipinski definition) is 0. The fourth-order valence-electron chi connectivity index (χ4n) is 3.08.